The summed E-state index contributed by atoms with van der Waals surface area (Å²) in [5.41, 5.74) is 0. The Morgan fingerprint density at radius 3 is 2.77 bits per heavy atom. The number of ether oxygens (including phenoxy) is 1. The zero-order valence-electron chi connectivity index (χ0n) is 8.51. The van der Waals surface area contributed by atoms with E-state index < -0.39 is 0 Å². The number of carbonyl (C=O) groups is 1. The standard InChI is InChI=1S/C10H19NO2/c1-3-6-13-9(10(12)11-2)7-8-4-5-8/h8-9H,3-7H2,1-2H3,(H,11,12). The third-order valence-electron chi connectivity index (χ3n) is 2.31. The van der Waals surface area contributed by atoms with E-state index in [4.69, 9.17) is 4.74 Å². The van der Waals surface area contributed by atoms with Gasteiger partial charge in [-0.15, -0.1) is 0 Å². The van der Waals surface area contributed by atoms with Crippen molar-refractivity contribution in [1.82, 2.24) is 5.32 Å². The maximum atomic E-state index is 11.3. The molecule has 1 N–H and O–H groups in total. The predicted octanol–water partition coefficient (Wildman–Crippen LogP) is 1.33. The van der Waals surface area contributed by atoms with E-state index in [9.17, 15) is 4.79 Å². The smallest absolute Gasteiger partial charge is 0.248 e. The van der Waals surface area contributed by atoms with Crippen LogP contribution in [0.25, 0.3) is 0 Å². The topological polar surface area (TPSA) is 38.3 Å². The predicted molar refractivity (Wildman–Crippen MR) is 51.4 cm³/mol. The van der Waals surface area contributed by atoms with Gasteiger partial charge in [-0.05, 0) is 18.8 Å². The molecule has 1 aliphatic rings. The first-order valence-electron chi connectivity index (χ1n) is 5.11. The summed E-state index contributed by atoms with van der Waals surface area (Å²) in [4.78, 5) is 11.3. The van der Waals surface area contributed by atoms with E-state index in [-0.39, 0.29) is 12.0 Å². The van der Waals surface area contributed by atoms with Gasteiger partial charge in [-0.3, -0.25) is 4.79 Å². The Bertz CT molecular complexity index is 166. The van der Waals surface area contributed by atoms with Gasteiger partial charge >= 0.3 is 0 Å². The van der Waals surface area contributed by atoms with E-state index >= 15 is 0 Å². The lowest BCUT2D eigenvalue weighted by atomic mass is 10.1. The normalized spacial score (nSPS) is 18.3. The van der Waals surface area contributed by atoms with Gasteiger partial charge in [-0.1, -0.05) is 19.8 Å². The van der Waals surface area contributed by atoms with Crippen LogP contribution in [-0.4, -0.2) is 25.7 Å². The van der Waals surface area contributed by atoms with Gasteiger partial charge in [-0.2, -0.15) is 0 Å². The lowest BCUT2D eigenvalue weighted by Gasteiger charge is -2.15. The molecule has 0 heterocycles. The summed E-state index contributed by atoms with van der Waals surface area (Å²) in [5.74, 6) is 0.763. The van der Waals surface area contributed by atoms with Gasteiger partial charge in [0.25, 0.3) is 0 Å². The molecule has 0 aromatic heterocycles. The molecule has 1 saturated carbocycles. The molecule has 1 amide bonds. The van der Waals surface area contributed by atoms with Gasteiger partial charge < -0.3 is 10.1 Å². The molecule has 3 nitrogen and oxygen atoms in total. The molecule has 0 bridgehead atoms. The summed E-state index contributed by atoms with van der Waals surface area (Å²) < 4.78 is 5.48. The van der Waals surface area contributed by atoms with Crippen molar-refractivity contribution in [3.8, 4) is 0 Å². The van der Waals surface area contributed by atoms with Crippen molar-refractivity contribution >= 4 is 5.91 Å². The largest absolute Gasteiger partial charge is 0.368 e. The molecule has 3 heteroatoms. The molecule has 0 aliphatic heterocycles. The summed E-state index contributed by atoms with van der Waals surface area (Å²) in [6, 6.07) is 0. The molecule has 76 valence electrons. The molecule has 0 radical (unpaired) electrons. The lowest BCUT2D eigenvalue weighted by Crippen LogP contribution is -2.34. The number of hydrogen-bond donors (Lipinski definition) is 1. The Hall–Kier alpha value is -0.570. The fourth-order valence-corrected chi connectivity index (χ4v) is 1.33. The molecule has 0 aromatic carbocycles. The summed E-state index contributed by atoms with van der Waals surface area (Å²) >= 11 is 0. The van der Waals surface area contributed by atoms with Crippen molar-refractivity contribution in [1.29, 1.82) is 0 Å². The van der Waals surface area contributed by atoms with Crippen LogP contribution in [0.15, 0.2) is 0 Å². The molecule has 0 spiro atoms. The van der Waals surface area contributed by atoms with E-state index in [1.165, 1.54) is 12.8 Å². The second kappa shape index (κ2) is 5.22. The summed E-state index contributed by atoms with van der Waals surface area (Å²) in [7, 11) is 1.66. The molecule has 0 aromatic rings. The second-order valence-electron chi connectivity index (χ2n) is 3.65. The van der Waals surface area contributed by atoms with Gasteiger partial charge in [-0.25, -0.2) is 0 Å². The van der Waals surface area contributed by atoms with Crippen LogP contribution in [-0.2, 0) is 9.53 Å². The van der Waals surface area contributed by atoms with Crippen LogP contribution < -0.4 is 5.32 Å². The number of rotatable bonds is 6. The molecule has 1 atom stereocenters. The quantitative estimate of drug-likeness (QED) is 0.678. The van der Waals surface area contributed by atoms with Crippen molar-refractivity contribution in [2.75, 3.05) is 13.7 Å². The average molecular weight is 185 g/mol. The third-order valence-corrected chi connectivity index (χ3v) is 2.31. The molecular formula is C10H19NO2. The molecule has 1 fully saturated rings. The maximum absolute atomic E-state index is 11.3. The summed E-state index contributed by atoms with van der Waals surface area (Å²) in [6.07, 6.45) is 4.20. The van der Waals surface area contributed by atoms with Crippen LogP contribution in [0.5, 0.6) is 0 Å². The van der Waals surface area contributed by atoms with E-state index in [0.717, 1.165) is 18.8 Å². The lowest BCUT2D eigenvalue weighted by molar-refractivity contribution is -0.133. The summed E-state index contributed by atoms with van der Waals surface area (Å²) in [5, 5.41) is 2.64. The minimum absolute atomic E-state index is 0.0281. The Morgan fingerprint density at radius 1 is 1.62 bits per heavy atom. The fraction of sp³-hybridized carbons (Fsp3) is 0.900. The van der Waals surface area contributed by atoms with Gasteiger partial charge in [0, 0.05) is 13.7 Å². The second-order valence-corrected chi connectivity index (χ2v) is 3.65. The molecule has 0 saturated heterocycles. The van der Waals surface area contributed by atoms with Crippen molar-refractivity contribution in [3.05, 3.63) is 0 Å². The zero-order valence-corrected chi connectivity index (χ0v) is 8.51. The number of amides is 1. The third kappa shape index (κ3) is 3.77. The van der Waals surface area contributed by atoms with Crippen LogP contribution in [0.4, 0.5) is 0 Å². The van der Waals surface area contributed by atoms with E-state index in [2.05, 4.69) is 12.2 Å². The van der Waals surface area contributed by atoms with Crippen molar-refractivity contribution in [2.45, 2.75) is 38.7 Å². The van der Waals surface area contributed by atoms with Crippen LogP contribution in [0.3, 0.4) is 0 Å². The number of likely N-dealkylation sites (N-methyl/N-ethyl adjacent to an activating group) is 1. The average Bonchev–Trinajstić information content (AvgIpc) is 2.94. The van der Waals surface area contributed by atoms with Crippen LogP contribution in [0.2, 0.25) is 0 Å². The van der Waals surface area contributed by atoms with Crippen LogP contribution >= 0.6 is 0 Å². The zero-order chi connectivity index (χ0) is 9.68. The molecule has 13 heavy (non-hydrogen) atoms. The molecule has 1 aliphatic carbocycles. The first-order valence-corrected chi connectivity index (χ1v) is 5.11. The highest BCUT2D eigenvalue weighted by Crippen LogP contribution is 2.34. The highest BCUT2D eigenvalue weighted by molar-refractivity contribution is 5.80. The van der Waals surface area contributed by atoms with Crippen LogP contribution in [0.1, 0.15) is 32.6 Å². The first-order chi connectivity index (χ1) is 6.27. The number of hydrogen-bond acceptors (Lipinski definition) is 2. The van der Waals surface area contributed by atoms with Crippen LogP contribution in [0, 0.1) is 5.92 Å². The van der Waals surface area contributed by atoms with Gasteiger partial charge in [0.1, 0.15) is 6.10 Å². The van der Waals surface area contributed by atoms with Gasteiger partial charge in [0.2, 0.25) is 5.91 Å². The Labute approximate surface area is 79.8 Å². The highest BCUT2D eigenvalue weighted by atomic mass is 16.5. The van der Waals surface area contributed by atoms with Crippen molar-refractivity contribution in [2.24, 2.45) is 5.92 Å². The molecular weight excluding hydrogens is 166 g/mol. The SMILES string of the molecule is CCCOC(CC1CC1)C(=O)NC. The first kappa shape index (κ1) is 10.5. The Kier molecular flexibility index (Phi) is 4.22. The minimum atomic E-state index is -0.211. The van der Waals surface area contributed by atoms with Gasteiger partial charge in [0.05, 0.1) is 0 Å². The van der Waals surface area contributed by atoms with E-state index in [1.807, 2.05) is 0 Å². The number of nitrogens with one attached hydrogen (secondary N) is 1. The fourth-order valence-electron chi connectivity index (χ4n) is 1.33. The minimum Gasteiger partial charge on any atom is -0.368 e. The Morgan fingerprint density at radius 2 is 2.31 bits per heavy atom. The van der Waals surface area contributed by atoms with Gasteiger partial charge in [0.15, 0.2) is 0 Å². The number of carbonyl (C=O) groups excluding carboxylic acids is 1. The van der Waals surface area contributed by atoms with Crippen molar-refractivity contribution in [3.63, 3.8) is 0 Å². The molecule has 1 unspecified atom stereocenters. The van der Waals surface area contributed by atoms with E-state index in [0.29, 0.717) is 6.61 Å². The summed E-state index contributed by atoms with van der Waals surface area (Å²) in [6.45, 7) is 2.74. The maximum Gasteiger partial charge on any atom is 0.248 e. The monoisotopic (exact) mass is 185 g/mol. The molecule has 1 rings (SSSR count). The van der Waals surface area contributed by atoms with Crippen molar-refractivity contribution < 1.29 is 9.53 Å². The van der Waals surface area contributed by atoms with E-state index in [1.54, 1.807) is 7.05 Å². The Balaban J connectivity index is 2.27. The highest BCUT2D eigenvalue weighted by Gasteiger charge is 2.29.